The minimum atomic E-state index is -3.47. The van der Waals surface area contributed by atoms with Crippen molar-refractivity contribution in [1.29, 1.82) is 0 Å². The van der Waals surface area contributed by atoms with Crippen LogP contribution in [0.5, 0.6) is 0 Å². The molecule has 1 N–H and O–H groups in total. The molecule has 0 saturated carbocycles. The van der Waals surface area contributed by atoms with Gasteiger partial charge in [0.15, 0.2) is 9.84 Å². The van der Waals surface area contributed by atoms with E-state index < -0.39 is 20.5 Å². The van der Waals surface area contributed by atoms with Crippen molar-refractivity contribution < 1.29 is 13.2 Å². The molecule has 1 amide bonds. The first-order chi connectivity index (χ1) is 9.14. The standard InChI is InChI=1S/C14H18BrNO3S/c1-14(2,20(3,18)19)13(17)16-12-10-7-5-4-6-9(10)8-11(12)15/h4-7,11-12H,8H2,1-3H3,(H,16,17). The van der Waals surface area contributed by atoms with Crippen molar-refractivity contribution in [2.75, 3.05) is 6.26 Å². The fourth-order valence-corrected chi connectivity index (χ4v) is 3.36. The normalized spacial score (nSPS) is 22.4. The highest BCUT2D eigenvalue weighted by molar-refractivity contribution is 9.09. The Morgan fingerprint density at radius 1 is 1.35 bits per heavy atom. The lowest BCUT2D eigenvalue weighted by Gasteiger charge is -2.26. The van der Waals surface area contributed by atoms with Crippen molar-refractivity contribution in [2.45, 2.75) is 35.9 Å². The number of halogens is 1. The summed E-state index contributed by atoms with van der Waals surface area (Å²) in [6, 6.07) is 7.68. The van der Waals surface area contributed by atoms with E-state index in [0.29, 0.717) is 0 Å². The Balaban J connectivity index is 2.25. The highest BCUT2D eigenvalue weighted by atomic mass is 79.9. The fourth-order valence-electron chi connectivity index (χ4n) is 2.20. The van der Waals surface area contributed by atoms with Gasteiger partial charge in [0.1, 0.15) is 4.75 Å². The minimum absolute atomic E-state index is 0.0826. The summed E-state index contributed by atoms with van der Waals surface area (Å²) >= 11 is 3.57. The Hall–Kier alpha value is -0.880. The molecule has 0 spiro atoms. The van der Waals surface area contributed by atoms with Crippen LogP contribution < -0.4 is 5.32 Å². The van der Waals surface area contributed by atoms with Gasteiger partial charge in [0.05, 0.1) is 6.04 Å². The monoisotopic (exact) mass is 359 g/mol. The lowest BCUT2D eigenvalue weighted by Crippen LogP contribution is -2.49. The number of hydrogen-bond donors (Lipinski definition) is 1. The maximum atomic E-state index is 12.3. The second kappa shape index (κ2) is 5.15. The van der Waals surface area contributed by atoms with Gasteiger partial charge < -0.3 is 5.32 Å². The summed E-state index contributed by atoms with van der Waals surface area (Å²) in [7, 11) is -3.47. The highest BCUT2D eigenvalue weighted by Gasteiger charge is 2.41. The van der Waals surface area contributed by atoms with Crippen molar-refractivity contribution >= 4 is 31.7 Å². The zero-order chi connectivity index (χ0) is 15.1. The van der Waals surface area contributed by atoms with Gasteiger partial charge in [-0.25, -0.2) is 8.42 Å². The van der Waals surface area contributed by atoms with Crippen LogP contribution in [0.25, 0.3) is 0 Å². The molecule has 4 nitrogen and oxygen atoms in total. The summed E-state index contributed by atoms with van der Waals surface area (Å²) in [6.07, 6.45) is 1.90. The Kier molecular flexibility index (Phi) is 3.99. The predicted octanol–water partition coefficient (Wildman–Crippen LogP) is 1.99. The molecule has 110 valence electrons. The SMILES string of the molecule is CC(C)(C(=O)NC1c2ccccc2CC1Br)S(C)(=O)=O. The molecule has 2 rings (SSSR count). The van der Waals surface area contributed by atoms with Gasteiger partial charge in [-0.15, -0.1) is 0 Å². The number of rotatable bonds is 3. The van der Waals surface area contributed by atoms with Crippen molar-refractivity contribution in [3.63, 3.8) is 0 Å². The third-order valence-corrected chi connectivity index (χ3v) is 6.82. The van der Waals surface area contributed by atoms with Crippen molar-refractivity contribution in [3.05, 3.63) is 35.4 Å². The number of hydrogen-bond acceptors (Lipinski definition) is 3. The van der Waals surface area contributed by atoms with Crippen molar-refractivity contribution in [1.82, 2.24) is 5.32 Å². The predicted molar refractivity (Wildman–Crippen MR) is 82.7 cm³/mol. The van der Waals surface area contributed by atoms with Crippen LogP contribution in [-0.2, 0) is 21.1 Å². The maximum Gasteiger partial charge on any atom is 0.241 e. The average molecular weight is 360 g/mol. The largest absolute Gasteiger partial charge is 0.347 e. The Bertz CT molecular complexity index is 640. The smallest absolute Gasteiger partial charge is 0.241 e. The number of sulfone groups is 1. The topological polar surface area (TPSA) is 63.2 Å². The number of nitrogens with one attached hydrogen (secondary N) is 1. The van der Waals surface area contributed by atoms with Gasteiger partial charge in [-0.3, -0.25) is 4.79 Å². The Morgan fingerprint density at radius 2 is 1.95 bits per heavy atom. The molecule has 0 heterocycles. The van der Waals surface area contributed by atoms with Crippen LogP contribution in [0.4, 0.5) is 0 Å². The van der Waals surface area contributed by atoms with Crippen LogP contribution in [0.15, 0.2) is 24.3 Å². The molecule has 0 aliphatic heterocycles. The highest BCUT2D eigenvalue weighted by Crippen LogP contribution is 2.36. The molecule has 20 heavy (non-hydrogen) atoms. The van der Waals surface area contributed by atoms with E-state index in [9.17, 15) is 13.2 Å². The summed E-state index contributed by atoms with van der Waals surface area (Å²) in [5.74, 6) is -0.467. The Morgan fingerprint density at radius 3 is 2.55 bits per heavy atom. The molecule has 0 aromatic heterocycles. The van der Waals surface area contributed by atoms with Crippen LogP contribution in [0.1, 0.15) is 31.0 Å². The summed E-state index contributed by atoms with van der Waals surface area (Å²) < 4.78 is 22.0. The number of fused-ring (bicyclic) bond motifs is 1. The van der Waals surface area contributed by atoms with Crippen molar-refractivity contribution in [3.8, 4) is 0 Å². The molecule has 1 aliphatic carbocycles. The third-order valence-electron chi connectivity index (χ3n) is 3.93. The zero-order valence-electron chi connectivity index (χ0n) is 11.7. The minimum Gasteiger partial charge on any atom is -0.347 e. The molecule has 0 fully saturated rings. The second-order valence-corrected chi connectivity index (χ2v) is 9.39. The average Bonchev–Trinajstić information content (AvgIpc) is 2.64. The molecular formula is C14H18BrNO3S. The van der Waals surface area contributed by atoms with E-state index in [2.05, 4.69) is 21.2 Å². The fraction of sp³-hybridized carbons (Fsp3) is 0.500. The van der Waals surface area contributed by atoms with Gasteiger partial charge in [-0.1, -0.05) is 40.2 Å². The lowest BCUT2D eigenvalue weighted by atomic mass is 10.1. The molecule has 0 bridgehead atoms. The summed E-state index contributed by atoms with van der Waals surface area (Å²) in [6.45, 7) is 2.86. The molecule has 1 aromatic rings. The molecule has 2 unspecified atom stereocenters. The second-order valence-electron chi connectivity index (χ2n) is 5.65. The number of carbonyl (C=O) groups is 1. The molecule has 6 heteroatoms. The van der Waals surface area contributed by atoms with E-state index in [4.69, 9.17) is 0 Å². The van der Waals surface area contributed by atoms with Gasteiger partial charge in [-0.05, 0) is 31.4 Å². The summed E-state index contributed by atoms with van der Waals surface area (Å²) in [5.41, 5.74) is 2.23. The van der Waals surface area contributed by atoms with E-state index in [1.54, 1.807) is 0 Å². The molecule has 1 aliphatic rings. The zero-order valence-corrected chi connectivity index (χ0v) is 14.1. The number of carbonyl (C=O) groups excluding carboxylic acids is 1. The van der Waals surface area contributed by atoms with E-state index in [-0.39, 0.29) is 10.9 Å². The van der Waals surface area contributed by atoms with Crippen LogP contribution in [0.2, 0.25) is 0 Å². The first-order valence-corrected chi connectivity index (χ1v) is 9.17. The number of amides is 1. The maximum absolute atomic E-state index is 12.3. The van der Waals surface area contributed by atoms with E-state index in [0.717, 1.165) is 18.2 Å². The van der Waals surface area contributed by atoms with Gasteiger partial charge in [0.25, 0.3) is 0 Å². The van der Waals surface area contributed by atoms with Crippen LogP contribution >= 0.6 is 15.9 Å². The first-order valence-electron chi connectivity index (χ1n) is 6.37. The Labute approximate surface area is 128 Å². The van der Waals surface area contributed by atoms with Crippen LogP contribution in [0, 0.1) is 0 Å². The van der Waals surface area contributed by atoms with E-state index in [1.165, 1.54) is 19.4 Å². The summed E-state index contributed by atoms with van der Waals surface area (Å²) in [4.78, 5) is 12.4. The number of benzene rings is 1. The third kappa shape index (κ3) is 2.63. The lowest BCUT2D eigenvalue weighted by molar-refractivity contribution is -0.123. The quantitative estimate of drug-likeness (QED) is 0.839. The van der Waals surface area contributed by atoms with Gasteiger partial charge in [-0.2, -0.15) is 0 Å². The molecular weight excluding hydrogens is 342 g/mol. The molecule has 1 aromatic carbocycles. The van der Waals surface area contributed by atoms with Crippen molar-refractivity contribution in [2.24, 2.45) is 0 Å². The summed E-state index contributed by atoms with van der Waals surface area (Å²) in [5, 5.41) is 2.87. The van der Waals surface area contributed by atoms with Gasteiger partial charge in [0.2, 0.25) is 5.91 Å². The molecule has 0 saturated heterocycles. The van der Waals surface area contributed by atoms with E-state index in [1.807, 2.05) is 24.3 Å². The number of alkyl halides is 1. The molecule has 0 radical (unpaired) electrons. The van der Waals surface area contributed by atoms with Crippen LogP contribution in [-0.4, -0.2) is 30.2 Å². The van der Waals surface area contributed by atoms with Gasteiger partial charge >= 0.3 is 0 Å². The van der Waals surface area contributed by atoms with Gasteiger partial charge in [0, 0.05) is 11.1 Å². The van der Waals surface area contributed by atoms with E-state index >= 15 is 0 Å². The first kappa shape index (κ1) is 15.5. The van der Waals surface area contributed by atoms with Crippen LogP contribution in [0.3, 0.4) is 0 Å². The molecule has 2 atom stereocenters.